The molecule has 1 aromatic heterocycles. The monoisotopic (exact) mass is 400 g/mol. The van der Waals surface area contributed by atoms with Gasteiger partial charge in [-0.3, -0.25) is 4.79 Å². The molecule has 4 rings (SSSR count). The summed E-state index contributed by atoms with van der Waals surface area (Å²) in [5.41, 5.74) is 2.11. The number of nitrogens with one attached hydrogen (secondary N) is 3. The predicted octanol–water partition coefficient (Wildman–Crippen LogP) is 1.58. The number of rotatable bonds is 7. The van der Waals surface area contributed by atoms with E-state index in [1.807, 2.05) is 6.07 Å². The summed E-state index contributed by atoms with van der Waals surface area (Å²) in [6.45, 7) is 2.23. The smallest absolute Gasteiger partial charge is 0.314 e. The quantitative estimate of drug-likeness (QED) is 0.654. The number of urea groups is 1. The zero-order valence-electron chi connectivity index (χ0n) is 16.5. The van der Waals surface area contributed by atoms with Crippen LogP contribution in [0.5, 0.6) is 0 Å². The summed E-state index contributed by atoms with van der Waals surface area (Å²) in [6.07, 6.45) is 6.64. The Kier molecular flexibility index (Phi) is 6.24. The van der Waals surface area contributed by atoms with Crippen molar-refractivity contribution in [3.05, 3.63) is 23.8 Å². The van der Waals surface area contributed by atoms with Crippen LogP contribution in [0, 0.1) is 0 Å². The molecule has 2 aliphatic rings. The van der Waals surface area contributed by atoms with Crippen molar-refractivity contribution in [1.82, 2.24) is 30.9 Å². The minimum absolute atomic E-state index is 0.0575. The number of hydrogen-bond acceptors (Lipinski definition) is 5. The van der Waals surface area contributed by atoms with E-state index in [-0.39, 0.29) is 24.1 Å². The first-order valence-electron chi connectivity index (χ1n) is 10.5. The topological polar surface area (TPSA) is 110 Å². The van der Waals surface area contributed by atoms with Gasteiger partial charge in [0.25, 0.3) is 5.91 Å². The molecule has 29 heavy (non-hydrogen) atoms. The van der Waals surface area contributed by atoms with Crippen LogP contribution in [0.1, 0.15) is 48.9 Å². The summed E-state index contributed by atoms with van der Waals surface area (Å²) in [7, 11) is 0. The van der Waals surface area contributed by atoms with Crippen molar-refractivity contribution < 1.29 is 14.3 Å². The van der Waals surface area contributed by atoms with E-state index < -0.39 is 0 Å². The SMILES string of the molecule is O=C(NCCn1nnc2cc(C(=O)NC3CCCC3)ccc21)NCC1CCCO1. The van der Waals surface area contributed by atoms with Gasteiger partial charge in [-0.15, -0.1) is 5.10 Å². The summed E-state index contributed by atoms with van der Waals surface area (Å²) in [4.78, 5) is 24.3. The molecule has 9 heteroatoms. The second-order valence-corrected chi connectivity index (χ2v) is 7.74. The van der Waals surface area contributed by atoms with Gasteiger partial charge in [-0.05, 0) is 43.9 Å². The van der Waals surface area contributed by atoms with Gasteiger partial charge in [0.15, 0.2) is 0 Å². The Morgan fingerprint density at radius 3 is 2.79 bits per heavy atom. The molecular formula is C20H28N6O3. The van der Waals surface area contributed by atoms with Crippen LogP contribution in [0.3, 0.4) is 0 Å². The Balaban J connectivity index is 1.27. The number of amides is 3. The molecular weight excluding hydrogens is 372 g/mol. The highest BCUT2D eigenvalue weighted by molar-refractivity contribution is 5.97. The number of aromatic nitrogens is 3. The number of benzene rings is 1. The van der Waals surface area contributed by atoms with Gasteiger partial charge < -0.3 is 20.7 Å². The molecule has 1 aliphatic heterocycles. The first-order valence-corrected chi connectivity index (χ1v) is 10.5. The molecule has 156 valence electrons. The fourth-order valence-corrected chi connectivity index (χ4v) is 3.97. The van der Waals surface area contributed by atoms with Gasteiger partial charge >= 0.3 is 6.03 Å². The Labute approximate surface area is 169 Å². The zero-order chi connectivity index (χ0) is 20.1. The fraction of sp³-hybridized carbons (Fsp3) is 0.600. The first kappa shape index (κ1) is 19.6. The lowest BCUT2D eigenvalue weighted by atomic mass is 10.1. The van der Waals surface area contributed by atoms with Crippen molar-refractivity contribution in [3.8, 4) is 0 Å². The number of hydrogen-bond donors (Lipinski definition) is 3. The number of fused-ring (bicyclic) bond motifs is 1. The van der Waals surface area contributed by atoms with E-state index in [1.54, 1.807) is 16.8 Å². The normalized spacial score (nSPS) is 19.5. The molecule has 0 spiro atoms. The summed E-state index contributed by atoms with van der Waals surface area (Å²) in [6, 6.07) is 5.50. The summed E-state index contributed by atoms with van der Waals surface area (Å²) in [5, 5.41) is 17.1. The van der Waals surface area contributed by atoms with Crippen LogP contribution in [0.2, 0.25) is 0 Å². The first-order chi connectivity index (χ1) is 14.2. The maximum absolute atomic E-state index is 12.4. The van der Waals surface area contributed by atoms with E-state index >= 15 is 0 Å². The van der Waals surface area contributed by atoms with Crippen molar-refractivity contribution >= 4 is 23.0 Å². The van der Waals surface area contributed by atoms with Gasteiger partial charge in [0, 0.05) is 31.3 Å². The second kappa shape index (κ2) is 9.21. The number of carbonyl (C=O) groups is 2. The minimum atomic E-state index is -0.212. The van der Waals surface area contributed by atoms with E-state index in [0.29, 0.717) is 30.7 Å². The maximum atomic E-state index is 12.4. The van der Waals surface area contributed by atoms with Gasteiger partial charge in [-0.25, -0.2) is 9.48 Å². The number of carbonyl (C=O) groups excluding carboxylic acids is 2. The van der Waals surface area contributed by atoms with Gasteiger partial charge in [0.1, 0.15) is 5.52 Å². The minimum Gasteiger partial charge on any atom is -0.376 e. The molecule has 9 nitrogen and oxygen atoms in total. The third-order valence-electron chi connectivity index (χ3n) is 5.59. The van der Waals surface area contributed by atoms with Crippen LogP contribution < -0.4 is 16.0 Å². The third-order valence-corrected chi connectivity index (χ3v) is 5.59. The molecule has 3 amide bonds. The largest absolute Gasteiger partial charge is 0.376 e. The molecule has 1 unspecified atom stereocenters. The molecule has 1 atom stereocenters. The molecule has 1 saturated heterocycles. The van der Waals surface area contributed by atoms with Crippen molar-refractivity contribution in [2.45, 2.75) is 57.2 Å². The van der Waals surface area contributed by atoms with Crippen molar-refractivity contribution in [2.75, 3.05) is 19.7 Å². The standard InChI is InChI=1S/C20H28N6O3/c27-19(23-15-4-1-2-5-15)14-7-8-18-17(12-14)24-25-26(18)10-9-21-20(28)22-13-16-6-3-11-29-16/h7-8,12,15-16H,1-6,9-11,13H2,(H,23,27)(H2,21,22,28). The van der Waals surface area contributed by atoms with E-state index in [9.17, 15) is 9.59 Å². The molecule has 2 fully saturated rings. The average molecular weight is 400 g/mol. The second-order valence-electron chi connectivity index (χ2n) is 7.74. The van der Waals surface area contributed by atoms with Crippen LogP contribution in [0.15, 0.2) is 18.2 Å². The highest BCUT2D eigenvalue weighted by Gasteiger charge is 2.19. The van der Waals surface area contributed by atoms with Crippen LogP contribution in [0.25, 0.3) is 11.0 Å². The lowest BCUT2D eigenvalue weighted by molar-refractivity contribution is 0.0938. The lowest BCUT2D eigenvalue weighted by Gasteiger charge is -2.12. The van der Waals surface area contributed by atoms with Crippen LogP contribution in [-0.4, -0.2) is 58.8 Å². The third kappa shape index (κ3) is 5.03. The van der Waals surface area contributed by atoms with Crippen LogP contribution in [0.4, 0.5) is 4.79 Å². The Hall–Kier alpha value is -2.68. The summed E-state index contributed by atoms with van der Waals surface area (Å²) in [5.74, 6) is -0.0575. The zero-order valence-corrected chi connectivity index (χ0v) is 16.5. The molecule has 1 aliphatic carbocycles. The molecule has 0 bridgehead atoms. The fourth-order valence-electron chi connectivity index (χ4n) is 3.97. The van der Waals surface area contributed by atoms with E-state index in [1.165, 1.54) is 12.8 Å². The molecule has 3 N–H and O–H groups in total. The van der Waals surface area contributed by atoms with E-state index in [4.69, 9.17) is 4.74 Å². The van der Waals surface area contributed by atoms with Gasteiger partial charge in [0.2, 0.25) is 0 Å². The molecule has 2 aromatic rings. The number of ether oxygens (including phenoxy) is 1. The van der Waals surface area contributed by atoms with E-state index in [0.717, 1.165) is 37.8 Å². The van der Waals surface area contributed by atoms with Crippen LogP contribution >= 0.6 is 0 Å². The Morgan fingerprint density at radius 2 is 2.00 bits per heavy atom. The molecule has 1 saturated carbocycles. The lowest BCUT2D eigenvalue weighted by Crippen LogP contribution is -2.40. The van der Waals surface area contributed by atoms with Crippen molar-refractivity contribution in [2.24, 2.45) is 0 Å². The van der Waals surface area contributed by atoms with Gasteiger partial charge in [-0.1, -0.05) is 18.1 Å². The van der Waals surface area contributed by atoms with Gasteiger partial charge in [0.05, 0.1) is 18.2 Å². The number of nitrogens with zero attached hydrogens (tertiary/aromatic N) is 3. The highest BCUT2D eigenvalue weighted by atomic mass is 16.5. The van der Waals surface area contributed by atoms with E-state index in [2.05, 4.69) is 26.3 Å². The van der Waals surface area contributed by atoms with Crippen molar-refractivity contribution in [1.29, 1.82) is 0 Å². The maximum Gasteiger partial charge on any atom is 0.314 e. The average Bonchev–Trinajstić information content (AvgIpc) is 3.48. The highest BCUT2D eigenvalue weighted by Crippen LogP contribution is 2.19. The van der Waals surface area contributed by atoms with Crippen molar-refractivity contribution in [3.63, 3.8) is 0 Å². The predicted molar refractivity (Wildman–Crippen MR) is 108 cm³/mol. The summed E-state index contributed by atoms with van der Waals surface area (Å²) >= 11 is 0. The molecule has 0 radical (unpaired) electrons. The van der Waals surface area contributed by atoms with Crippen LogP contribution in [-0.2, 0) is 11.3 Å². The van der Waals surface area contributed by atoms with Gasteiger partial charge in [-0.2, -0.15) is 0 Å². The molecule has 1 aromatic carbocycles. The Bertz CT molecular complexity index is 855. The summed E-state index contributed by atoms with van der Waals surface area (Å²) < 4.78 is 7.22. The Morgan fingerprint density at radius 1 is 1.14 bits per heavy atom. The molecule has 2 heterocycles.